The second kappa shape index (κ2) is 6.62. The number of nitrogens with one attached hydrogen (secondary N) is 1. The van der Waals surface area contributed by atoms with Gasteiger partial charge in [-0.2, -0.15) is 0 Å². The Balaban J connectivity index is 1.83. The average Bonchev–Trinajstić information content (AvgIpc) is 3.20. The van der Waals surface area contributed by atoms with Crippen molar-refractivity contribution in [1.82, 2.24) is 9.97 Å². The van der Waals surface area contributed by atoms with E-state index in [2.05, 4.69) is 14.7 Å². The van der Waals surface area contributed by atoms with E-state index in [-0.39, 0.29) is 10.0 Å². The lowest BCUT2D eigenvalue weighted by Crippen LogP contribution is -2.13. The first-order chi connectivity index (χ1) is 12.5. The lowest BCUT2D eigenvalue weighted by molar-refractivity contribution is 0.603. The Hall–Kier alpha value is -2.00. The number of hydrogen-bond donors (Lipinski definition) is 1. The molecule has 0 radical (unpaired) electrons. The van der Waals surface area contributed by atoms with Gasteiger partial charge < -0.3 is 0 Å². The van der Waals surface area contributed by atoms with Crippen LogP contribution in [0.1, 0.15) is 5.56 Å². The van der Waals surface area contributed by atoms with E-state index < -0.39 is 10.0 Å². The molecule has 0 bridgehead atoms. The van der Waals surface area contributed by atoms with E-state index in [1.54, 1.807) is 6.07 Å². The van der Waals surface area contributed by atoms with Crippen molar-refractivity contribution >= 4 is 60.3 Å². The van der Waals surface area contributed by atoms with Gasteiger partial charge in [-0.15, -0.1) is 22.7 Å². The molecule has 3 heterocycles. The highest BCUT2D eigenvalue weighted by atomic mass is 35.5. The van der Waals surface area contributed by atoms with Gasteiger partial charge in [0, 0.05) is 4.88 Å². The Kier molecular flexibility index (Phi) is 4.44. The fraction of sp³-hybridized carbons (Fsp3) is 0.0588. The molecule has 3 aromatic heterocycles. The number of anilines is 1. The molecule has 0 aliphatic carbocycles. The molecule has 0 fully saturated rings. The lowest BCUT2D eigenvalue weighted by Gasteiger charge is -2.07. The molecule has 9 heteroatoms. The molecular formula is C17H12ClN3O2S3. The summed E-state index contributed by atoms with van der Waals surface area (Å²) in [6, 6.07) is 13.0. The molecule has 0 saturated carbocycles. The summed E-state index contributed by atoms with van der Waals surface area (Å²) in [6.45, 7) is 1.95. The minimum absolute atomic E-state index is 0.144. The molecule has 0 aliphatic heterocycles. The van der Waals surface area contributed by atoms with Crippen LogP contribution in [-0.2, 0) is 10.0 Å². The molecular weight excluding hydrogens is 410 g/mol. The monoisotopic (exact) mass is 421 g/mol. The lowest BCUT2D eigenvalue weighted by atomic mass is 10.1. The Bertz CT molecular complexity index is 1200. The van der Waals surface area contributed by atoms with E-state index in [1.165, 1.54) is 23.7 Å². The number of aryl methyl sites for hydroxylation is 1. The van der Waals surface area contributed by atoms with Crippen LogP contribution in [0.3, 0.4) is 0 Å². The number of hydrogen-bond acceptors (Lipinski definition) is 6. The van der Waals surface area contributed by atoms with E-state index in [9.17, 15) is 8.42 Å². The number of sulfonamides is 1. The largest absolute Gasteiger partial charge is 0.272 e. The van der Waals surface area contributed by atoms with Crippen LogP contribution in [0.15, 0.2) is 53.0 Å². The van der Waals surface area contributed by atoms with Crippen LogP contribution in [0.5, 0.6) is 0 Å². The fourth-order valence-electron chi connectivity index (χ4n) is 2.63. The highest BCUT2D eigenvalue weighted by Crippen LogP contribution is 2.40. The van der Waals surface area contributed by atoms with E-state index >= 15 is 0 Å². The van der Waals surface area contributed by atoms with Crippen molar-refractivity contribution in [2.24, 2.45) is 0 Å². The van der Waals surface area contributed by atoms with Crippen molar-refractivity contribution in [3.63, 3.8) is 0 Å². The number of thiophene rings is 2. The molecule has 1 aromatic carbocycles. The quantitative estimate of drug-likeness (QED) is 0.492. The number of nitrogens with zero attached hydrogens (tertiary/aromatic N) is 2. The predicted molar refractivity (Wildman–Crippen MR) is 108 cm³/mol. The molecule has 0 spiro atoms. The second-order valence-corrected chi connectivity index (χ2v) is 10.1. The fourth-order valence-corrected chi connectivity index (χ4v) is 6.29. The number of rotatable bonds is 4. The van der Waals surface area contributed by atoms with E-state index in [4.69, 9.17) is 11.6 Å². The zero-order valence-electron chi connectivity index (χ0n) is 13.4. The van der Waals surface area contributed by atoms with Crippen molar-refractivity contribution in [2.45, 2.75) is 11.1 Å². The maximum absolute atomic E-state index is 12.6. The normalized spacial score (nSPS) is 11.8. The van der Waals surface area contributed by atoms with Gasteiger partial charge in [-0.3, -0.25) is 4.72 Å². The van der Waals surface area contributed by atoms with Crippen LogP contribution >= 0.6 is 34.3 Å². The number of fused-ring (bicyclic) bond motifs is 1. The first-order valence-electron chi connectivity index (χ1n) is 7.53. The van der Waals surface area contributed by atoms with Gasteiger partial charge in [-0.1, -0.05) is 41.9 Å². The third kappa shape index (κ3) is 3.09. The molecule has 0 atom stereocenters. The SMILES string of the molecule is Cc1c(-c2ccccc2)sc2ncnc(NS(=O)(=O)c3ccc(Cl)s3)c12. The summed E-state index contributed by atoms with van der Waals surface area (Å²) < 4.78 is 28.4. The zero-order chi connectivity index (χ0) is 18.3. The smallest absolute Gasteiger partial charge is 0.262 e. The minimum atomic E-state index is -3.76. The van der Waals surface area contributed by atoms with Gasteiger partial charge in [0.25, 0.3) is 10.0 Å². The summed E-state index contributed by atoms with van der Waals surface area (Å²) in [5.74, 6) is 0.274. The Labute approximate surface area is 163 Å². The topological polar surface area (TPSA) is 72.0 Å². The minimum Gasteiger partial charge on any atom is -0.262 e. The van der Waals surface area contributed by atoms with Gasteiger partial charge in [-0.25, -0.2) is 18.4 Å². The highest BCUT2D eigenvalue weighted by molar-refractivity contribution is 7.94. The molecule has 1 N–H and O–H groups in total. The second-order valence-electron chi connectivity index (χ2n) is 5.49. The van der Waals surface area contributed by atoms with Crippen molar-refractivity contribution in [2.75, 3.05) is 4.72 Å². The van der Waals surface area contributed by atoms with E-state index in [1.807, 2.05) is 37.3 Å². The molecule has 5 nitrogen and oxygen atoms in total. The number of benzene rings is 1. The van der Waals surface area contributed by atoms with Gasteiger partial charge in [0.15, 0.2) is 5.82 Å². The van der Waals surface area contributed by atoms with Crippen LogP contribution in [-0.4, -0.2) is 18.4 Å². The van der Waals surface area contributed by atoms with Gasteiger partial charge >= 0.3 is 0 Å². The van der Waals surface area contributed by atoms with Gasteiger partial charge in [0.2, 0.25) is 0 Å². The molecule has 0 unspecified atom stereocenters. The van der Waals surface area contributed by atoms with Crippen molar-refractivity contribution in [1.29, 1.82) is 0 Å². The highest BCUT2D eigenvalue weighted by Gasteiger charge is 2.21. The van der Waals surface area contributed by atoms with Crippen molar-refractivity contribution < 1.29 is 8.42 Å². The summed E-state index contributed by atoms with van der Waals surface area (Å²) in [4.78, 5) is 10.3. The van der Waals surface area contributed by atoms with Crippen LogP contribution < -0.4 is 4.72 Å². The summed E-state index contributed by atoms with van der Waals surface area (Å²) in [5.41, 5.74) is 2.01. The molecule has 0 saturated heterocycles. The van der Waals surface area contributed by atoms with Gasteiger partial charge in [-0.05, 0) is 30.2 Å². The van der Waals surface area contributed by atoms with Gasteiger partial charge in [0.05, 0.1) is 9.72 Å². The number of aromatic nitrogens is 2. The maximum Gasteiger partial charge on any atom is 0.272 e. The summed E-state index contributed by atoms with van der Waals surface area (Å²) in [7, 11) is -3.76. The molecule has 0 aliphatic rings. The van der Waals surface area contributed by atoms with Crippen molar-refractivity contribution in [3.8, 4) is 10.4 Å². The van der Waals surface area contributed by atoms with Crippen LogP contribution in [0.4, 0.5) is 5.82 Å². The summed E-state index contributed by atoms with van der Waals surface area (Å²) >= 11 is 8.38. The van der Waals surface area contributed by atoms with E-state index in [0.717, 1.165) is 32.2 Å². The first-order valence-corrected chi connectivity index (χ1v) is 11.0. The molecule has 4 aromatic rings. The third-order valence-electron chi connectivity index (χ3n) is 3.81. The molecule has 0 amide bonds. The summed E-state index contributed by atoms with van der Waals surface area (Å²) in [6.07, 6.45) is 1.37. The Morgan fingerprint density at radius 2 is 1.81 bits per heavy atom. The standard InChI is InChI=1S/C17H12ClN3O2S3/c1-10-14-16(21-26(22,23)13-8-7-12(18)24-13)19-9-20-17(14)25-15(10)11-5-3-2-4-6-11/h2-9H,1H3,(H,19,20,21). The zero-order valence-corrected chi connectivity index (χ0v) is 16.6. The summed E-state index contributed by atoms with van der Waals surface area (Å²) in [5, 5.41) is 0.711. The Morgan fingerprint density at radius 3 is 2.50 bits per heavy atom. The van der Waals surface area contributed by atoms with E-state index in [0.29, 0.717) is 9.72 Å². The van der Waals surface area contributed by atoms with Gasteiger partial charge in [0.1, 0.15) is 15.4 Å². The maximum atomic E-state index is 12.6. The van der Waals surface area contributed by atoms with Crippen LogP contribution in [0, 0.1) is 6.92 Å². The first kappa shape index (κ1) is 17.4. The Morgan fingerprint density at radius 1 is 1.04 bits per heavy atom. The number of halogens is 1. The molecule has 132 valence electrons. The molecule has 4 rings (SSSR count). The third-order valence-corrected chi connectivity index (χ3v) is 8.12. The van der Waals surface area contributed by atoms with Crippen molar-refractivity contribution in [3.05, 3.63) is 58.7 Å². The average molecular weight is 422 g/mol. The van der Waals surface area contributed by atoms with Crippen LogP contribution in [0.2, 0.25) is 4.34 Å². The predicted octanol–water partition coefficient (Wildman–Crippen LogP) is 5.18. The van der Waals surface area contributed by atoms with Crippen LogP contribution in [0.25, 0.3) is 20.7 Å². The molecule has 26 heavy (non-hydrogen) atoms.